The van der Waals surface area contributed by atoms with Crippen LogP contribution in [0.3, 0.4) is 0 Å². The van der Waals surface area contributed by atoms with E-state index >= 15 is 0 Å². The maximum atomic E-state index is 14.2. The number of allylic oxidation sites excluding steroid dienone is 1. The van der Waals surface area contributed by atoms with Gasteiger partial charge in [0.1, 0.15) is 0 Å². The average Bonchev–Trinajstić information content (AvgIpc) is 2.66. The lowest BCUT2D eigenvalue weighted by atomic mass is 9.88. The van der Waals surface area contributed by atoms with Crippen LogP contribution >= 0.6 is 31.9 Å². The van der Waals surface area contributed by atoms with E-state index in [-0.39, 0.29) is 5.56 Å². The zero-order valence-corrected chi connectivity index (χ0v) is 18.4. The number of hydrogen-bond acceptors (Lipinski definition) is 0. The summed E-state index contributed by atoms with van der Waals surface area (Å²) in [5.41, 5.74) is 0.503. The summed E-state index contributed by atoms with van der Waals surface area (Å²) in [6.07, 6.45) is -6.47. The second kappa shape index (κ2) is 9.17. The smallest absolute Gasteiger partial charge is 0.200 e. The molecule has 0 amide bonds. The Kier molecular flexibility index (Phi) is 7.62. The third kappa shape index (κ3) is 5.66. The normalized spacial score (nSPS) is 14.8. The van der Waals surface area contributed by atoms with E-state index in [4.69, 9.17) is 0 Å². The number of halogens is 11. The van der Waals surface area contributed by atoms with Crippen LogP contribution in [0.5, 0.6) is 0 Å². The van der Waals surface area contributed by atoms with Crippen LogP contribution in [0, 0.1) is 0 Å². The van der Waals surface area contributed by atoms with Gasteiger partial charge in [-0.05, 0) is 35.4 Å². The van der Waals surface area contributed by atoms with Gasteiger partial charge in [0.2, 0.25) is 0 Å². The molecule has 0 aliphatic carbocycles. The largest absolute Gasteiger partial charge is 0.460 e. The summed E-state index contributed by atoms with van der Waals surface area (Å²) in [6, 6.07) is 11.7. The van der Waals surface area contributed by atoms with Crippen molar-refractivity contribution >= 4 is 37.9 Å². The molecule has 0 fully saturated rings. The van der Waals surface area contributed by atoms with Gasteiger partial charge < -0.3 is 0 Å². The Balaban J connectivity index is 2.43. The summed E-state index contributed by atoms with van der Waals surface area (Å²) in [4.78, 5) is 0. The van der Waals surface area contributed by atoms with E-state index in [2.05, 4.69) is 31.9 Å². The van der Waals surface area contributed by atoms with Crippen LogP contribution in [0.2, 0.25) is 0 Å². The van der Waals surface area contributed by atoms with E-state index in [1.807, 2.05) is 0 Å². The molecule has 0 saturated heterocycles. The lowest BCUT2D eigenvalue weighted by molar-refractivity contribution is -0.396. The summed E-state index contributed by atoms with van der Waals surface area (Å²) >= 11 is 6.29. The van der Waals surface area contributed by atoms with Gasteiger partial charge in [-0.15, -0.1) is 0 Å². The quantitative estimate of drug-likeness (QED) is 0.286. The molecule has 0 spiro atoms. The predicted molar refractivity (Wildman–Crippen MR) is 106 cm³/mol. The lowest BCUT2D eigenvalue weighted by Crippen LogP contribution is -2.61. The average molecular weight is 584 g/mol. The topological polar surface area (TPSA) is 0 Å². The molecule has 2 aromatic rings. The second-order valence-corrected chi connectivity index (χ2v) is 8.46. The van der Waals surface area contributed by atoms with Crippen molar-refractivity contribution in [2.45, 2.75) is 36.3 Å². The van der Waals surface area contributed by atoms with Crippen LogP contribution in [0.25, 0.3) is 6.08 Å². The molecule has 0 radical (unpaired) electrons. The summed E-state index contributed by atoms with van der Waals surface area (Å²) in [7, 11) is 0. The number of hydrogen-bond donors (Lipinski definition) is 0. The minimum absolute atomic E-state index is 0.0300. The standard InChI is InChI=1S/C20H13Br2F9/c21-15-7-2-12(3-8-15)1-4-14(13-5-9-16(22)10-6-13)11-17(23,24)18(25,26)19(27,28)20(29,30)31/h1-10,14H,11H2/b4-1+. The Hall–Kier alpha value is -1.49. The molecule has 2 aromatic carbocycles. The first kappa shape index (κ1) is 25.8. The maximum Gasteiger partial charge on any atom is 0.460 e. The molecule has 0 aliphatic rings. The van der Waals surface area contributed by atoms with E-state index in [0.717, 1.165) is 6.08 Å². The number of rotatable bonds is 7. The van der Waals surface area contributed by atoms with Gasteiger partial charge >= 0.3 is 23.9 Å². The van der Waals surface area contributed by atoms with Crippen LogP contribution in [0.1, 0.15) is 23.5 Å². The number of alkyl halides is 9. The van der Waals surface area contributed by atoms with Crippen molar-refractivity contribution < 1.29 is 39.5 Å². The molecule has 0 heterocycles. The molecule has 1 unspecified atom stereocenters. The Morgan fingerprint density at radius 3 is 1.58 bits per heavy atom. The van der Waals surface area contributed by atoms with Crippen molar-refractivity contribution in [3.63, 3.8) is 0 Å². The van der Waals surface area contributed by atoms with Crippen molar-refractivity contribution in [1.82, 2.24) is 0 Å². The van der Waals surface area contributed by atoms with Gasteiger partial charge in [0, 0.05) is 21.3 Å². The summed E-state index contributed by atoms with van der Waals surface area (Å²) < 4.78 is 121. The first-order valence-corrected chi connectivity index (χ1v) is 10.1. The van der Waals surface area contributed by atoms with E-state index in [0.29, 0.717) is 14.5 Å². The maximum absolute atomic E-state index is 14.2. The van der Waals surface area contributed by atoms with Gasteiger partial charge in [0.05, 0.1) is 0 Å². The van der Waals surface area contributed by atoms with Gasteiger partial charge in [-0.3, -0.25) is 0 Å². The van der Waals surface area contributed by atoms with Crippen LogP contribution in [-0.2, 0) is 0 Å². The third-order valence-electron chi connectivity index (χ3n) is 4.38. The van der Waals surface area contributed by atoms with Gasteiger partial charge in [0.25, 0.3) is 0 Å². The Morgan fingerprint density at radius 1 is 0.677 bits per heavy atom. The molecule has 0 aromatic heterocycles. The molecule has 0 saturated carbocycles. The highest BCUT2D eigenvalue weighted by molar-refractivity contribution is 9.10. The fourth-order valence-electron chi connectivity index (χ4n) is 2.62. The summed E-state index contributed by atoms with van der Waals surface area (Å²) in [5, 5.41) is 0. The molecule has 0 nitrogen and oxygen atoms in total. The van der Waals surface area contributed by atoms with Gasteiger partial charge in [-0.25, -0.2) is 0 Å². The molecule has 1 atom stereocenters. The zero-order valence-electron chi connectivity index (χ0n) is 15.2. The van der Waals surface area contributed by atoms with Crippen molar-refractivity contribution in [2.24, 2.45) is 0 Å². The van der Waals surface area contributed by atoms with E-state index in [1.54, 1.807) is 24.3 Å². The molecule has 0 aliphatic heterocycles. The van der Waals surface area contributed by atoms with Crippen LogP contribution in [-0.4, -0.2) is 23.9 Å². The second-order valence-electron chi connectivity index (χ2n) is 6.62. The fourth-order valence-corrected chi connectivity index (χ4v) is 3.15. The molecule has 31 heavy (non-hydrogen) atoms. The Labute approximate surface area is 188 Å². The molecular weight excluding hydrogens is 571 g/mol. The van der Waals surface area contributed by atoms with Gasteiger partial charge in [0.15, 0.2) is 0 Å². The van der Waals surface area contributed by atoms with Crippen LogP contribution in [0.15, 0.2) is 63.6 Å². The zero-order chi connectivity index (χ0) is 23.7. The highest BCUT2D eigenvalue weighted by atomic mass is 79.9. The van der Waals surface area contributed by atoms with Crippen LogP contribution in [0.4, 0.5) is 39.5 Å². The highest BCUT2D eigenvalue weighted by Gasteiger charge is 2.81. The van der Waals surface area contributed by atoms with E-state index in [9.17, 15) is 39.5 Å². The predicted octanol–water partition coefficient (Wildman–Crippen LogP) is 8.87. The molecule has 11 heteroatoms. The Morgan fingerprint density at radius 2 is 1.13 bits per heavy atom. The van der Waals surface area contributed by atoms with Gasteiger partial charge in [-0.1, -0.05) is 68.3 Å². The first-order valence-electron chi connectivity index (χ1n) is 8.48. The first-order chi connectivity index (χ1) is 14.1. The molecule has 0 bridgehead atoms. The van der Waals surface area contributed by atoms with Crippen LogP contribution < -0.4 is 0 Å². The van der Waals surface area contributed by atoms with Crippen molar-refractivity contribution in [3.8, 4) is 0 Å². The summed E-state index contributed by atoms with van der Waals surface area (Å²) in [5.74, 6) is -20.8. The molecular formula is C20H13Br2F9. The lowest BCUT2D eigenvalue weighted by Gasteiger charge is -2.35. The van der Waals surface area contributed by atoms with Crippen molar-refractivity contribution in [1.29, 1.82) is 0 Å². The van der Waals surface area contributed by atoms with Crippen molar-refractivity contribution in [3.05, 3.63) is 74.7 Å². The SMILES string of the molecule is FC(F)(F)C(F)(F)C(F)(F)C(F)(F)CC(/C=C/c1ccc(Br)cc1)c1ccc(Br)cc1. The molecule has 170 valence electrons. The summed E-state index contributed by atoms with van der Waals surface area (Å²) in [6.45, 7) is 0. The Bertz CT molecular complexity index is 902. The van der Waals surface area contributed by atoms with E-state index in [1.165, 1.54) is 30.3 Å². The number of benzene rings is 2. The fraction of sp³-hybridized carbons (Fsp3) is 0.300. The molecule has 0 N–H and O–H groups in total. The molecule has 2 rings (SSSR count). The van der Waals surface area contributed by atoms with Crippen molar-refractivity contribution in [2.75, 3.05) is 0 Å². The van der Waals surface area contributed by atoms with E-state index < -0.39 is 36.3 Å². The minimum atomic E-state index is -6.91. The highest BCUT2D eigenvalue weighted by Crippen LogP contribution is 2.55. The minimum Gasteiger partial charge on any atom is -0.200 e. The van der Waals surface area contributed by atoms with Gasteiger partial charge in [-0.2, -0.15) is 39.5 Å². The monoisotopic (exact) mass is 582 g/mol. The third-order valence-corrected chi connectivity index (χ3v) is 5.43.